The maximum absolute atomic E-state index is 12.5. The van der Waals surface area contributed by atoms with Gasteiger partial charge in [-0.1, -0.05) is 105 Å². The van der Waals surface area contributed by atoms with Crippen molar-refractivity contribution in [1.29, 1.82) is 0 Å². The highest BCUT2D eigenvalue weighted by Crippen LogP contribution is 2.29. The van der Waals surface area contributed by atoms with Crippen LogP contribution < -0.4 is 4.74 Å². The number of ether oxygens (including phenoxy) is 1. The first kappa shape index (κ1) is 45.4. The number of rotatable bonds is 28. The van der Waals surface area contributed by atoms with Crippen molar-refractivity contribution in [2.75, 3.05) is 0 Å². The van der Waals surface area contributed by atoms with Gasteiger partial charge in [0.2, 0.25) is 0 Å². The number of unbranched alkanes of at least 4 members (excludes halogenated alkanes) is 11. The number of hydrogen-bond donors (Lipinski definition) is 3. The first-order chi connectivity index (χ1) is 23.8. The lowest BCUT2D eigenvalue weighted by molar-refractivity contribution is -0.134. The molecule has 0 heterocycles. The molecule has 5 nitrogen and oxygen atoms in total. The van der Waals surface area contributed by atoms with Gasteiger partial charge >= 0.3 is 5.97 Å². The molecule has 0 unspecified atom stereocenters. The summed E-state index contributed by atoms with van der Waals surface area (Å²) in [5, 5.41) is 30.6. The first-order valence-electron chi connectivity index (χ1n) is 19.9. The van der Waals surface area contributed by atoms with Gasteiger partial charge in [-0.2, -0.15) is 0 Å². The molecule has 1 aromatic rings. The van der Waals surface area contributed by atoms with Crippen molar-refractivity contribution in [3.63, 3.8) is 0 Å². The minimum absolute atomic E-state index is 0.206. The van der Waals surface area contributed by atoms with Crippen molar-refractivity contribution < 1.29 is 24.9 Å². The smallest absolute Gasteiger partial charge is 0.311 e. The van der Waals surface area contributed by atoms with Gasteiger partial charge in [0.25, 0.3) is 0 Å². The average Bonchev–Trinajstić information content (AvgIpc) is 3.05. The minimum atomic E-state index is -1.06. The zero-order valence-electron chi connectivity index (χ0n) is 33.1. The largest absolute Gasteiger partial charge is 0.507 e. The Bertz CT molecular complexity index is 1200. The summed E-state index contributed by atoms with van der Waals surface area (Å²) < 4.78 is 5.68. The molecule has 5 heteroatoms. The fraction of sp³-hybridized carbons (Fsp3) is 0.667. The van der Waals surface area contributed by atoms with E-state index in [1.165, 1.54) is 74.5 Å². The van der Waals surface area contributed by atoms with E-state index in [0.717, 1.165) is 63.4 Å². The molecule has 0 radical (unpaired) electrons. The summed E-state index contributed by atoms with van der Waals surface area (Å²) >= 11 is 0. The van der Waals surface area contributed by atoms with E-state index in [1.807, 2.05) is 6.92 Å². The number of carbonyl (C=O) groups excluding carboxylic acids is 1. The summed E-state index contributed by atoms with van der Waals surface area (Å²) in [4.78, 5) is 12.5. The molecule has 3 N–H and O–H groups in total. The Morgan fingerprint density at radius 3 is 1.84 bits per heavy atom. The molecule has 0 saturated carbocycles. The van der Waals surface area contributed by atoms with Crippen molar-refractivity contribution in [1.82, 2.24) is 0 Å². The number of phenolic OH excluding ortho intramolecular Hbond substituents is 1. The van der Waals surface area contributed by atoms with Crippen LogP contribution in [0.3, 0.4) is 0 Å². The number of allylic oxidation sites excluding steroid dienone is 8. The van der Waals surface area contributed by atoms with Gasteiger partial charge in [0.1, 0.15) is 11.5 Å². The highest BCUT2D eigenvalue weighted by molar-refractivity contribution is 5.72. The SMILES string of the molecule is CCCCCCCCC=CCCCCCCCC(=O)Oc1cc(C)c(O)c(CC=C(C)CCC=C(C)CCC=C(C)CC[C@@H](O)C(C)(C)O)c1. The summed E-state index contributed by atoms with van der Waals surface area (Å²) in [6.45, 7) is 13.8. The molecule has 1 aromatic carbocycles. The number of benzene rings is 1. The van der Waals surface area contributed by atoms with Gasteiger partial charge < -0.3 is 20.1 Å². The average molecular weight is 695 g/mol. The third kappa shape index (κ3) is 23.0. The molecule has 0 fully saturated rings. The van der Waals surface area contributed by atoms with E-state index >= 15 is 0 Å². The fourth-order valence-electron chi connectivity index (χ4n) is 5.95. The first-order valence-corrected chi connectivity index (χ1v) is 19.9. The molecule has 0 bridgehead atoms. The molecular formula is C45H74O5. The zero-order chi connectivity index (χ0) is 37.2. The van der Waals surface area contributed by atoms with Crippen molar-refractivity contribution in [2.24, 2.45) is 0 Å². The topological polar surface area (TPSA) is 87.0 Å². The van der Waals surface area contributed by atoms with Gasteiger partial charge in [-0.3, -0.25) is 4.79 Å². The molecule has 0 aliphatic rings. The lowest BCUT2D eigenvalue weighted by Gasteiger charge is -2.24. The monoisotopic (exact) mass is 695 g/mol. The summed E-state index contributed by atoms with van der Waals surface area (Å²) in [6, 6.07) is 3.55. The van der Waals surface area contributed by atoms with E-state index in [9.17, 15) is 20.1 Å². The molecule has 284 valence electrons. The van der Waals surface area contributed by atoms with Crippen LogP contribution in [0, 0.1) is 6.92 Å². The van der Waals surface area contributed by atoms with E-state index in [0.29, 0.717) is 30.6 Å². The Kier molecular flexibility index (Phi) is 24.6. The lowest BCUT2D eigenvalue weighted by Crippen LogP contribution is -2.35. The van der Waals surface area contributed by atoms with Crippen molar-refractivity contribution >= 4 is 5.97 Å². The molecule has 0 saturated heterocycles. The van der Waals surface area contributed by atoms with Crippen LogP contribution in [-0.2, 0) is 11.2 Å². The Morgan fingerprint density at radius 2 is 1.26 bits per heavy atom. The van der Waals surface area contributed by atoms with Gasteiger partial charge in [0.05, 0.1) is 11.7 Å². The van der Waals surface area contributed by atoms with Gasteiger partial charge in [0.15, 0.2) is 0 Å². The number of phenols is 1. The van der Waals surface area contributed by atoms with Crippen LogP contribution in [0.4, 0.5) is 0 Å². The lowest BCUT2D eigenvalue weighted by atomic mass is 9.95. The minimum Gasteiger partial charge on any atom is -0.507 e. The third-order valence-electron chi connectivity index (χ3n) is 9.59. The predicted octanol–water partition coefficient (Wildman–Crippen LogP) is 12.5. The quantitative estimate of drug-likeness (QED) is 0.0352. The summed E-state index contributed by atoms with van der Waals surface area (Å²) in [5.74, 6) is 0.567. The number of aromatic hydroxyl groups is 1. The molecule has 0 aromatic heterocycles. The van der Waals surface area contributed by atoms with Crippen molar-refractivity contribution in [2.45, 2.75) is 195 Å². The number of hydrogen-bond acceptors (Lipinski definition) is 5. The zero-order valence-corrected chi connectivity index (χ0v) is 33.1. The predicted molar refractivity (Wildman–Crippen MR) is 213 cm³/mol. The van der Waals surface area contributed by atoms with Crippen LogP contribution in [0.5, 0.6) is 11.5 Å². The van der Waals surface area contributed by atoms with E-state index in [1.54, 1.807) is 26.0 Å². The number of aliphatic hydroxyl groups is 2. The van der Waals surface area contributed by atoms with Gasteiger partial charge in [-0.25, -0.2) is 0 Å². The van der Waals surface area contributed by atoms with E-state index in [4.69, 9.17) is 4.74 Å². The molecule has 0 amide bonds. The molecule has 0 aliphatic carbocycles. The van der Waals surface area contributed by atoms with E-state index in [-0.39, 0.29) is 11.7 Å². The normalized spacial score (nSPS) is 13.7. The summed E-state index contributed by atoms with van der Waals surface area (Å²) in [6.07, 6.45) is 32.9. The summed E-state index contributed by atoms with van der Waals surface area (Å²) in [7, 11) is 0. The maximum atomic E-state index is 12.5. The number of aryl methyl sites for hydroxylation is 1. The van der Waals surface area contributed by atoms with E-state index in [2.05, 4.69) is 58.1 Å². The Balaban J connectivity index is 2.34. The molecule has 1 rings (SSSR count). The second-order valence-corrected chi connectivity index (χ2v) is 15.2. The maximum Gasteiger partial charge on any atom is 0.311 e. The van der Waals surface area contributed by atoms with Crippen LogP contribution in [0.2, 0.25) is 0 Å². The molecule has 0 spiro atoms. The Hall–Kier alpha value is -2.63. The van der Waals surface area contributed by atoms with E-state index < -0.39 is 11.7 Å². The second kappa shape index (κ2) is 27.1. The van der Waals surface area contributed by atoms with Crippen LogP contribution in [0.1, 0.15) is 181 Å². The van der Waals surface area contributed by atoms with Crippen molar-refractivity contribution in [3.05, 3.63) is 70.4 Å². The fourth-order valence-corrected chi connectivity index (χ4v) is 5.95. The van der Waals surface area contributed by atoms with Crippen molar-refractivity contribution in [3.8, 4) is 11.5 Å². The Labute approximate surface area is 307 Å². The summed E-state index contributed by atoms with van der Waals surface area (Å²) in [5.41, 5.74) is 4.30. The molecule has 0 aliphatic heterocycles. The van der Waals surface area contributed by atoms with Crippen LogP contribution in [0.25, 0.3) is 0 Å². The standard InChI is InChI=1S/C45H74O5/c1-8-9-10-11-12-13-14-15-16-17-18-19-20-21-22-29-43(47)50-41-34-39(5)44(48)40(35-41)32-30-37(3)27-23-25-36(2)26-24-28-38(4)31-33-42(46)45(6,7)49/h15-16,25,28,30,34-35,42,46,48-49H,8-14,17-24,26-27,29,31-33H2,1-7H3/t42-/m1/s1. The number of aliphatic hydroxyl groups excluding tert-OH is 1. The van der Waals surface area contributed by atoms with Gasteiger partial charge in [-0.05, 0) is 136 Å². The molecular weight excluding hydrogens is 620 g/mol. The molecule has 50 heavy (non-hydrogen) atoms. The highest BCUT2D eigenvalue weighted by Gasteiger charge is 2.23. The third-order valence-corrected chi connectivity index (χ3v) is 9.59. The highest BCUT2D eigenvalue weighted by atomic mass is 16.5. The van der Waals surface area contributed by atoms with Crippen LogP contribution >= 0.6 is 0 Å². The Morgan fingerprint density at radius 1 is 0.740 bits per heavy atom. The van der Waals surface area contributed by atoms with Gasteiger partial charge in [0, 0.05) is 12.0 Å². The molecule has 1 atom stereocenters. The van der Waals surface area contributed by atoms with Crippen LogP contribution in [0.15, 0.2) is 59.2 Å². The second-order valence-electron chi connectivity index (χ2n) is 15.2. The number of esters is 1. The van der Waals surface area contributed by atoms with Crippen LogP contribution in [-0.4, -0.2) is 33.0 Å². The number of carbonyl (C=O) groups is 1. The van der Waals surface area contributed by atoms with Gasteiger partial charge in [-0.15, -0.1) is 0 Å².